The van der Waals surface area contributed by atoms with E-state index in [4.69, 9.17) is 4.74 Å². The molecule has 0 aliphatic carbocycles. The van der Waals surface area contributed by atoms with Crippen LogP contribution in [0.15, 0.2) is 29.9 Å². The summed E-state index contributed by atoms with van der Waals surface area (Å²) >= 11 is 1.43. The number of rotatable bonds is 5. The molecule has 2 aromatic rings. The Balaban J connectivity index is 1.74. The lowest BCUT2D eigenvalue weighted by Gasteiger charge is -2.34. The monoisotopic (exact) mass is 359 g/mol. The predicted octanol–water partition coefficient (Wildman–Crippen LogP) is 3.15. The molecule has 0 bridgehead atoms. The number of ether oxygens (including phenoxy) is 1. The largest absolute Gasteiger partial charge is 0.466 e. The molecule has 6 nitrogen and oxygen atoms in total. The second-order valence-electron chi connectivity index (χ2n) is 5.94. The molecule has 0 spiro atoms. The van der Waals surface area contributed by atoms with E-state index in [-0.39, 0.29) is 24.3 Å². The van der Waals surface area contributed by atoms with Crippen LogP contribution in [-0.4, -0.2) is 45.9 Å². The fourth-order valence-electron chi connectivity index (χ4n) is 3.03. The maximum Gasteiger partial charge on any atom is 0.307 e. The van der Waals surface area contributed by atoms with E-state index in [1.54, 1.807) is 29.6 Å². The van der Waals surface area contributed by atoms with Gasteiger partial charge in [-0.1, -0.05) is 0 Å². The highest BCUT2D eigenvalue weighted by atomic mass is 32.1. The molecule has 3 heterocycles. The highest BCUT2D eigenvalue weighted by Crippen LogP contribution is 2.26. The average molecular weight is 359 g/mol. The Morgan fingerprint density at radius 1 is 1.40 bits per heavy atom. The number of hydrogen-bond acceptors (Lipinski definition) is 6. The van der Waals surface area contributed by atoms with Gasteiger partial charge >= 0.3 is 5.97 Å². The Kier molecular flexibility index (Phi) is 5.75. The van der Waals surface area contributed by atoms with Crippen LogP contribution in [0.3, 0.4) is 0 Å². The minimum atomic E-state index is -0.249. The molecule has 132 valence electrons. The molecule has 1 fully saturated rings. The SMILES string of the molecule is CCOC(=O)CC1CCCCN1C(=O)c1csc(-c2cccnc2)n1. The van der Waals surface area contributed by atoms with Crippen molar-refractivity contribution in [3.63, 3.8) is 0 Å². The van der Waals surface area contributed by atoms with Crippen molar-refractivity contribution in [2.45, 2.75) is 38.6 Å². The van der Waals surface area contributed by atoms with Gasteiger partial charge in [-0.2, -0.15) is 0 Å². The minimum Gasteiger partial charge on any atom is -0.466 e. The number of thiazole rings is 1. The highest BCUT2D eigenvalue weighted by Gasteiger charge is 2.30. The van der Waals surface area contributed by atoms with Gasteiger partial charge in [-0.3, -0.25) is 14.6 Å². The zero-order valence-corrected chi connectivity index (χ0v) is 15.0. The van der Waals surface area contributed by atoms with Gasteiger partial charge in [0.25, 0.3) is 5.91 Å². The Bertz CT molecular complexity index is 732. The first kappa shape index (κ1) is 17.5. The third-order valence-electron chi connectivity index (χ3n) is 4.23. The standard InChI is InChI=1S/C18H21N3O3S/c1-2-24-16(22)10-14-7-3-4-9-21(14)18(23)15-12-25-17(20-15)13-6-5-8-19-11-13/h5-6,8,11-12,14H,2-4,7,9-10H2,1H3. The van der Waals surface area contributed by atoms with Crippen LogP contribution in [0.2, 0.25) is 0 Å². The fraction of sp³-hybridized carbons (Fsp3) is 0.444. The second-order valence-corrected chi connectivity index (χ2v) is 6.79. The van der Waals surface area contributed by atoms with Crippen molar-refractivity contribution >= 4 is 23.2 Å². The summed E-state index contributed by atoms with van der Waals surface area (Å²) in [6.07, 6.45) is 6.48. The van der Waals surface area contributed by atoms with Crippen LogP contribution < -0.4 is 0 Å². The summed E-state index contributed by atoms with van der Waals surface area (Å²) in [7, 11) is 0. The van der Waals surface area contributed by atoms with Gasteiger partial charge in [0.05, 0.1) is 13.0 Å². The molecule has 1 aliphatic heterocycles. The molecule has 0 N–H and O–H groups in total. The summed E-state index contributed by atoms with van der Waals surface area (Å²) in [5, 5.41) is 2.55. The first-order valence-corrected chi connectivity index (χ1v) is 9.39. The Morgan fingerprint density at radius 3 is 3.04 bits per heavy atom. The summed E-state index contributed by atoms with van der Waals surface area (Å²) in [6, 6.07) is 3.66. The molecular formula is C18H21N3O3S. The third kappa shape index (κ3) is 4.22. The van der Waals surface area contributed by atoms with E-state index in [1.807, 2.05) is 12.1 Å². The van der Waals surface area contributed by atoms with E-state index in [9.17, 15) is 9.59 Å². The Morgan fingerprint density at radius 2 is 2.28 bits per heavy atom. The Labute approximate surface area is 150 Å². The fourth-order valence-corrected chi connectivity index (χ4v) is 3.82. The van der Waals surface area contributed by atoms with Gasteiger partial charge < -0.3 is 9.64 Å². The molecule has 1 amide bonds. The van der Waals surface area contributed by atoms with Gasteiger partial charge in [0.2, 0.25) is 0 Å². The van der Waals surface area contributed by atoms with Gasteiger partial charge in [-0.15, -0.1) is 11.3 Å². The van der Waals surface area contributed by atoms with Crippen LogP contribution in [0, 0.1) is 0 Å². The lowest BCUT2D eigenvalue weighted by atomic mass is 9.99. The van der Waals surface area contributed by atoms with E-state index >= 15 is 0 Å². The number of carbonyl (C=O) groups excluding carboxylic acids is 2. The van der Waals surface area contributed by atoms with E-state index in [1.165, 1.54) is 11.3 Å². The molecule has 2 aromatic heterocycles. The second kappa shape index (κ2) is 8.20. The summed E-state index contributed by atoms with van der Waals surface area (Å²) in [6.45, 7) is 2.81. The van der Waals surface area contributed by atoms with Gasteiger partial charge in [0.1, 0.15) is 10.7 Å². The zero-order chi connectivity index (χ0) is 17.6. The van der Waals surface area contributed by atoms with Crippen molar-refractivity contribution < 1.29 is 14.3 Å². The molecule has 25 heavy (non-hydrogen) atoms. The smallest absolute Gasteiger partial charge is 0.307 e. The maximum absolute atomic E-state index is 12.9. The zero-order valence-electron chi connectivity index (χ0n) is 14.2. The van der Waals surface area contributed by atoms with E-state index in [0.29, 0.717) is 18.8 Å². The molecule has 3 rings (SSSR count). The topological polar surface area (TPSA) is 72.4 Å². The Hall–Kier alpha value is -2.28. The summed E-state index contributed by atoms with van der Waals surface area (Å²) in [4.78, 5) is 35.1. The van der Waals surface area contributed by atoms with Crippen LogP contribution in [0.5, 0.6) is 0 Å². The number of amides is 1. The van der Waals surface area contributed by atoms with Gasteiger partial charge in [0, 0.05) is 35.9 Å². The van der Waals surface area contributed by atoms with Crippen molar-refractivity contribution in [1.82, 2.24) is 14.9 Å². The van der Waals surface area contributed by atoms with Crippen molar-refractivity contribution in [1.29, 1.82) is 0 Å². The third-order valence-corrected chi connectivity index (χ3v) is 5.12. The lowest BCUT2D eigenvalue weighted by molar-refractivity contribution is -0.144. The van der Waals surface area contributed by atoms with Crippen molar-refractivity contribution in [2.75, 3.05) is 13.2 Å². The van der Waals surface area contributed by atoms with Crippen molar-refractivity contribution in [3.8, 4) is 10.6 Å². The number of hydrogen-bond donors (Lipinski definition) is 0. The van der Waals surface area contributed by atoms with E-state index < -0.39 is 0 Å². The van der Waals surface area contributed by atoms with Gasteiger partial charge in [-0.25, -0.2) is 4.98 Å². The van der Waals surface area contributed by atoms with Gasteiger partial charge in [-0.05, 0) is 38.3 Å². The van der Waals surface area contributed by atoms with Crippen LogP contribution in [0.25, 0.3) is 10.6 Å². The number of nitrogens with zero attached hydrogens (tertiary/aromatic N) is 3. The highest BCUT2D eigenvalue weighted by molar-refractivity contribution is 7.13. The first-order valence-electron chi connectivity index (χ1n) is 8.51. The average Bonchev–Trinajstić information content (AvgIpc) is 3.13. The van der Waals surface area contributed by atoms with Gasteiger partial charge in [0.15, 0.2) is 0 Å². The first-order chi connectivity index (χ1) is 12.2. The van der Waals surface area contributed by atoms with Crippen LogP contribution in [0.1, 0.15) is 43.1 Å². The minimum absolute atomic E-state index is 0.108. The molecule has 7 heteroatoms. The van der Waals surface area contributed by atoms with Crippen molar-refractivity contribution in [3.05, 3.63) is 35.6 Å². The number of pyridine rings is 1. The number of likely N-dealkylation sites (tertiary alicyclic amines) is 1. The lowest BCUT2D eigenvalue weighted by Crippen LogP contribution is -2.45. The van der Waals surface area contributed by atoms with Crippen molar-refractivity contribution in [2.24, 2.45) is 0 Å². The number of esters is 1. The number of carbonyl (C=O) groups is 2. The summed E-state index contributed by atoms with van der Waals surface area (Å²) < 4.78 is 5.04. The summed E-state index contributed by atoms with van der Waals surface area (Å²) in [5.41, 5.74) is 1.33. The molecular weight excluding hydrogens is 338 g/mol. The molecule has 1 atom stereocenters. The molecule has 0 radical (unpaired) electrons. The molecule has 0 aromatic carbocycles. The summed E-state index contributed by atoms with van der Waals surface area (Å²) in [5.74, 6) is -0.359. The maximum atomic E-state index is 12.9. The molecule has 0 saturated carbocycles. The quantitative estimate of drug-likeness (QED) is 0.767. The molecule has 1 aliphatic rings. The van der Waals surface area contributed by atoms with E-state index in [2.05, 4.69) is 9.97 Å². The van der Waals surface area contributed by atoms with Crippen LogP contribution in [-0.2, 0) is 9.53 Å². The van der Waals surface area contributed by atoms with Crippen LogP contribution >= 0.6 is 11.3 Å². The normalized spacial score (nSPS) is 17.3. The number of piperidine rings is 1. The number of aromatic nitrogens is 2. The molecule has 1 unspecified atom stereocenters. The molecule has 1 saturated heterocycles. The van der Waals surface area contributed by atoms with Crippen LogP contribution in [0.4, 0.5) is 0 Å². The predicted molar refractivity (Wildman–Crippen MR) is 95.3 cm³/mol. The van der Waals surface area contributed by atoms with E-state index in [0.717, 1.165) is 29.8 Å².